The minimum absolute atomic E-state index is 0.193. The van der Waals surface area contributed by atoms with E-state index in [1.165, 1.54) is 0 Å². The average Bonchev–Trinajstić information content (AvgIpc) is 2.78. The molecule has 0 aliphatic heterocycles. The molecule has 0 amide bonds. The zero-order chi connectivity index (χ0) is 22.1. The van der Waals surface area contributed by atoms with Crippen LogP contribution in [0, 0.1) is 0 Å². The van der Waals surface area contributed by atoms with Crippen molar-refractivity contribution in [3.05, 3.63) is 72.3 Å². The predicted molar refractivity (Wildman–Crippen MR) is 126 cm³/mol. The first-order valence-electron chi connectivity index (χ1n) is 9.94. The highest BCUT2D eigenvalue weighted by atomic mass is 16.4. The number of carboxylic acids is 1. The number of carbonyl (C=O) groups is 1. The molecule has 0 spiro atoms. The van der Waals surface area contributed by atoms with Gasteiger partial charge < -0.3 is 14.9 Å². The summed E-state index contributed by atoms with van der Waals surface area (Å²) in [7, 11) is 8.00. The number of rotatable bonds is 5. The minimum atomic E-state index is -0.982. The van der Waals surface area contributed by atoms with Crippen LogP contribution < -0.4 is 9.80 Å². The second kappa shape index (κ2) is 8.07. The molecule has 4 rings (SSSR count). The number of nitrogens with zero attached hydrogens (tertiary/aromatic N) is 4. The van der Waals surface area contributed by atoms with E-state index in [9.17, 15) is 9.90 Å². The lowest BCUT2D eigenvalue weighted by atomic mass is 10.0. The first kappa shape index (κ1) is 20.3. The van der Waals surface area contributed by atoms with E-state index in [0.717, 1.165) is 33.9 Å². The van der Waals surface area contributed by atoms with Crippen molar-refractivity contribution in [3.63, 3.8) is 0 Å². The van der Waals surface area contributed by atoms with E-state index in [-0.39, 0.29) is 5.56 Å². The fourth-order valence-corrected chi connectivity index (χ4v) is 3.42. The van der Waals surface area contributed by atoms with Crippen LogP contribution in [0.1, 0.15) is 10.4 Å². The third-order valence-electron chi connectivity index (χ3n) is 5.23. The van der Waals surface area contributed by atoms with Crippen LogP contribution in [-0.4, -0.2) is 49.2 Å². The van der Waals surface area contributed by atoms with E-state index in [0.29, 0.717) is 11.0 Å². The number of hydrogen-bond donors (Lipinski definition) is 1. The molecule has 0 bridgehead atoms. The Kier molecular flexibility index (Phi) is 5.29. The lowest BCUT2D eigenvalue weighted by Gasteiger charge is -2.15. The largest absolute Gasteiger partial charge is 0.478 e. The first-order chi connectivity index (χ1) is 14.8. The van der Waals surface area contributed by atoms with Gasteiger partial charge in [0.05, 0.1) is 28.0 Å². The zero-order valence-corrected chi connectivity index (χ0v) is 18.0. The van der Waals surface area contributed by atoms with Crippen molar-refractivity contribution in [2.45, 2.75) is 0 Å². The highest BCUT2D eigenvalue weighted by Crippen LogP contribution is 2.33. The van der Waals surface area contributed by atoms with Crippen LogP contribution >= 0.6 is 0 Å². The van der Waals surface area contributed by atoms with Crippen LogP contribution in [0.2, 0.25) is 0 Å². The van der Waals surface area contributed by atoms with Gasteiger partial charge in [-0.2, -0.15) is 0 Å². The highest BCUT2D eigenvalue weighted by molar-refractivity contribution is 5.94. The van der Waals surface area contributed by atoms with E-state index >= 15 is 0 Å². The first-order valence-corrected chi connectivity index (χ1v) is 9.94. The van der Waals surface area contributed by atoms with Crippen LogP contribution in [-0.2, 0) is 0 Å². The van der Waals surface area contributed by atoms with Crippen molar-refractivity contribution in [2.24, 2.45) is 0 Å². The fourth-order valence-electron chi connectivity index (χ4n) is 3.42. The van der Waals surface area contributed by atoms with E-state index < -0.39 is 5.97 Å². The zero-order valence-electron chi connectivity index (χ0n) is 18.0. The van der Waals surface area contributed by atoms with Gasteiger partial charge in [-0.25, -0.2) is 14.8 Å². The monoisotopic (exact) mass is 412 g/mol. The Labute approximate surface area is 181 Å². The highest BCUT2D eigenvalue weighted by Gasteiger charge is 2.15. The molecule has 31 heavy (non-hydrogen) atoms. The molecule has 0 aliphatic carbocycles. The van der Waals surface area contributed by atoms with Gasteiger partial charge in [0.15, 0.2) is 0 Å². The summed E-state index contributed by atoms with van der Waals surface area (Å²) in [5.41, 5.74) is 6.95. The molecular weight excluding hydrogens is 388 g/mol. The van der Waals surface area contributed by atoms with Crippen molar-refractivity contribution in [3.8, 4) is 22.5 Å². The summed E-state index contributed by atoms with van der Waals surface area (Å²) < 4.78 is 0. The quantitative estimate of drug-likeness (QED) is 0.508. The van der Waals surface area contributed by atoms with Gasteiger partial charge >= 0.3 is 5.97 Å². The van der Waals surface area contributed by atoms with Crippen LogP contribution in [0.5, 0.6) is 0 Å². The Hall–Kier alpha value is -3.93. The summed E-state index contributed by atoms with van der Waals surface area (Å²) in [6, 6.07) is 21.1. The third-order valence-corrected chi connectivity index (χ3v) is 5.23. The molecule has 0 unspecified atom stereocenters. The molecule has 0 fully saturated rings. The van der Waals surface area contributed by atoms with Gasteiger partial charge in [0.1, 0.15) is 0 Å². The number of aromatic nitrogens is 2. The van der Waals surface area contributed by atoms with Gasteiger partial charge in [0.25, 0.3) is 0 Å². The molecule has 156 valence electrons. The van der Waals surface area contributed by atoms with Gasteiger partial charge in [0, 0.05) is 50.7 Å². The molecule has 0 saturated heterocycles. The van der Waals surface area contributed by atoms with Gasteiger partial charge in [-0.3, -0.25) is 0 Å². The Morgan fingerprint density at radius 1 is 0.677 bits per heavy atom. The maximum absolute atomic E-state index is 11.4. The molecule has 3 aromatic carbocycles. The summed E-state index contributed by atoms with van der Waals surface area (Å²) in [6.45, 7) is 0. The molecule has 1 aromatic heterocycles. The standard InChI is InChI=1S/C25H24N4O2/c1-28(2)19-10-5-16(6-11-19)23-24(17-7-12-20(13-8-17)29(3)4)27-22-15-18(25(30)31)9-14-21(22)26-23/h5-15H,1-4H3,(H,30,31). The van der Waals surface area contributed by atoms with Crippen LogP contribution in [0.3, 0.4) is 0 Å². The smallest absolute Gasteiger partial charge is 0.335 e. The van der Waals surface area contributed by atoms with Gasteiger partial charge in [-0.05, 0) is 42.5 Å². The normalized spacial score (nSPS) is 10.8. The van der Waals surface area contributed by atoms with Crippen molar-refractivity contribution in [1.29, 1.82) is 0 Å². The second-order valence-electron chi connectivity index (χ2n) is 7.81. The number of carboxylic acid groups (broad SMARTS) is 1. The molecule has 0 aliphatic rings. The molecule has 0 radical (unpaired) electrons. The third kappa shape index (κ3) is 4.05. The SMILES string of the molecule is CN(C)c1ccc(-c2nc3ccc(C(=O)O)cc3nc2-c2ccc(N(C)C)cc2)cc1. The van der Waals surface area contributed by atoms with E-state index in [4.69, 9.17) is 9.97 Å². The molecule has 1 heterocycles. The number of aromatic carboxylic acids is 1. The number of fused-ring (bicyclic) bond motifs is 1. The summed E-state index contributed by atoms with van der Waals surface area (Å²) in [5.74, 6) is -0.982. The van der Waals surface area contributed by atoms with Crippen molar-refractivity contribution in [2.75, 3.05) is 38.0 Å². The maximum atomic E-state index is 11.4. The summed E-state index contributed by atoms with van der Waals surface area (Å²) in [5, 5.41) is 9.36. The molecule has 0 atom stereocenters. The second-order valence-corrected chi connectivity index (χ2v) is 7.81. The van der Waals surface area contributed by atoms with Crippen LogP contribution in [0.25, 0.3) is 33.5 Å². The molecular formula is C25H24N4O2. The fraction of sp³-hybridized carbons (Fsp3) is 0.160. The molecule has 6 nitrogen and oxygen atoms in total. The molecule has 4 aromatic rings. The van der Waals surface area contributed by atoms with Crippen molar-refractivity contribution in [1.82, 2.24) is 9.97 Å². The van der Waals surface area contributed by atoms with Gasteiger partial charge in [-0.15, -0.1) is 0 Å². The van der Waals surface area contributed by atoms with Crippen LogP contribution in [0.4, 0.5) is 11.4 Å². The molecule has 0 saturated carbocycles. The van der Waals surface area contributed by atoms with E-state index in [1.54, 1.807) is 18.2 Å². The Bertz CT molecular complexity index is 1250. The average molecular weight is 412 g/mol. The molecule has 6 heteroatoms. The topological polar surface area (TPSA) is 69.6 Å². The Balaban J connectivity index is 1.92. The predicted octanol–water partition coefficient (Wildman–Crippen LogP) is 4.79. The summed E-state index contributed by atoms with van der Waals surface area (Å²) >= 11 is 0. The Morgan fingerprint density at radius 2 is 1.13 bits per heavy atom. The lowest BCUT2D eigenvalue weighted by molar-refractivity contribution is 0.0697. The number of hydrogen-bond acceptors (Lipinski definition) is 5. The summed E-state index contributed by atoms with van der Waals surface area (Å²) in [4.78, 5) is 25.2. The number of benzene rings is 3. The van der Waals surface area contributed by atoms with E-state index in [1.807, 2.05) is 86.5 Å². The maximum Gasteiger partial charge on any atom is 0.335 e. The Morgan fingerprint density at radius 3 is 1.55 bits per heavy atom. The van der Waals surface area contributed by atoms with E-state index in [2.05, 4.69) is 0 Å². The van der Waals surface area contributed by atoms with Gasteiger partial charge in [0.2, 0.25) is 0 Å². The van der Waals surface area contributed by atoms with Gasteiger partial charge in [-0.1, -0.05) is 24.3 Å². The van der Waals surface area contributed by atoms with Crippen molar-refractivity contribution >= 4 is 28.4 Å². The summed E-state index contributed by atoms with van der Waals surface area (Å²) in [6.07, 6.45) is 0. The van der Waals surface area contributed by atoms with Crippen LogP contribution in [0.15, 0.2) is 66.7 Å². The molecule has 1 N–H and O–H groups in total. The van der Waals surface area contributed by atoms with Crippen molar-refractivity contribution < 1.29 is 9.90 Å². The number of anilines is 2. The lowest BCUT2D eigenvalue weighted by Crippen LogP contribution is -2.08. The minimum Gasteiger partial charge on any atom is -0.478 e.